The molecule has 1 heterocycles. The molecule has 3 unspecified atom stereocenters. The van der Waals surface area contributed by atoms with Crippen LogP contribution in [0.5, 0.6) is 0 Å². The monoisotopic (exact) mass is 260 g/mol. The lowest BCUT2D eigenvalue weighted by Gasteiger charge is -2.24. The number of nitrogens with one attached hydrogen (secondary N) is 1. The van der Waals surface area contributed by atoms with Crippen LogP contribution in [0.15, 0.2) is 0 Å². The van der Waals surface area contributed by atoms with Gasteiger partial charge in [0.25, 0.3) is 0 Å². The van der Waals surface area contributed by atoms with Crippen LogP contribution < -0.4 is 5.32 Å². The molecule has 1 fully saturated rings. The lowest BCUT2D eigenvalue weighted by Crippen LogP contribution is -2.48. The zero-order valence-corrected chi connectivity index (χ0v) is 11.3. The van der Waals surface area contributed by atoms with Crippen LogP contribution in [0.1, 0.15) is 20.3 Å². The third kappa shape index (κ3) is 3.52. The standard InChI is InChI=1S/C11H20N2O3S/c1-7-4-5-13(9(7)10(14)15)11(16)12-6-8(2)17-3/h7-9H,4-6H2,1-3H3,(H,12,16)(H,14,15). The second-order valence-electron chi connectivity index (χ2n) is 4.47. The molecule has 1 aliphatic rings. The van der Waals surface area contributed by atoms with Crippen molar-refractivity contribution in [3.63, 3.8) is 0 Å². The summed E-state index contributed by atoms with van der Waals surface area (Å²) < 4.78 is 0. The molecule has 3 atom stereocenters. The Balaban J connectivity index is 2.54. The minimum absolute atomic E-state index is 0.0243. The lowest BCUT2D eigenvalue weighted by atomic mass is 10.0. The number of thioether (sulfide) groups is 1. The number of urea groups is 1. The van der Waals surface area contributed by atoms with Gasteiger partial charge < -0.3 is 15.3 Å². The van der Waals surface area contributed by atoms with Crippen LogP contribution in [0, 0.1) is 5.92 Å². The van der Waals surface area contributed by atoms with Crippen molar-refractivity contribution in [2.24, 2.45) is 5.92 Å². The van der Waals surface area contributed by atoms with Gasteiger partial charge in [0.15, 0.2) is 0 Å². The third-order valence-electron chi connectivity index (χ3n) is 3.16. The summed E-state index contributed by atoms with van der Waals surface area (Å²) in [6.45, 7) is 4.98. The number of nitrogens with zero attached hydrogens (tertiary/aromatic N) is 1. The van der Waals surface area contributed by atoms with Crippen molar-refractivity contribution in [3.8, 4) is 0 Å². The predicted octanol–water partition coefficient (Wildman–Crippen LogP) is 1.24. The number of rotatable bonds is 4. The summed E-state index contributed by atoms with van der Waals surface area (Å²) in [7, 11) is 0. The Kier molecular flexibility index (Phi) is 5.11. The number of carboxylic acid groups (broad SMARTS) is 1. The molecule has 0 bridgehead atoms. The van der Waals surface area contributed by atoms with Crippen molar-refractivity contribution in [1.29, 1.82) is 0 Å². The van der Waals surface area contributed by atoms with Gasteiger partial charge in [0.1, 0.15) is 6.04 Å². The Bertz CT molecular complexity index is 298. The van der Waals surface area contributed by atoms with Gasteiger partial charge in [-0.05, 0) is 18.6 Å². The molecule has 1 rings (SSSR count). The van der Waals surface area contributed by atoms with Crippen molar-refractivity contribution in [1.82, 2.24) is 10.2 Å². The molecular formula is C11H20N2O3S. The molecule has 1 saturated heterocycles. The quantitative estimate of drug-likeness (QED) is 0.798. The van der Waals surface area contributed by atoms with Crippen molar-refractivity contribution < 1.29 is 14.7 Å². The highest BCUT2D eigenvalue weighted by molar-refractivity contribution is 7.99. The van der Waals surface area contributed by atoms with E-state index in [2.05, 4.69) is 5.32 Å². The van der Waals surface area contributed by atoms with Gasteiger partial charge in [0, 0.05) is 18.3 Å². The van der Waals surface area contributed by atoms with Crippen LogP contribution in [-0.2, 0) is 4.79 Å². The molecule has 5 nitrogen and oxygen atoms in total. The van der Waals surface area contributed by atoms with Crippen LogP contribution in [0.25, 0.3) is 0 Å². The molecule has 0 spiro atoms. The minimum Gasteiger partial charge on any atom is -0.480 e. The van der Waals surface area contributed by atoms with E-state index in [0.717, 1.165) is 6.42 Å². The maximum Gasteiger partial charge on any atom is 0.326 e. The lowest BCUT2D eigenvalue weighted by molar-refractivity contribution is -0.142. The van der Waals surface area contributed by atoms with Crippen LogP contribution >= 0.6 is 11.8 Å². The van der Waals surface area contributed by atoms with E-state index < -0.39 is 12.0 Å². The summed E-state index contributed by atoms with van der Waals surface area (Å²) in [6, 6.07) is -0.942. The number of hydrogen-bond acceptors (Lipinski definition) is 3. The van der Waals surface area contributed by atoms with E-state index in [4.69, 9.17) is 5.11 Å². The normalized spacial score (nSPS) is 25.7. The summed E-state index contributed by atoms with van der Waals surface area (Å²) in [6.07, 6.45) is 2.73. The van der Waals surface area contributed by atoms with E-state index in [0.29, 0.717) is 18.3 Å². The van der Waals surface area contributed by atoms with Crippen LogP contribution in [0.3, 0.4) is 0 Å². The molecular weight excluding hydrogens is 240 g/mol. The molecule has 1 aliphatic heterocycles. The number of amides is 2. The smallest absolute Gasteiger partial charge is 0.326 e. The van der Waals surface area contributed by atoms with Gasteiger partial charge in [-0.25, -0.2) is 9.59 Å². The van der Waals surface area contributed by atoms with E-state index >= 15 is 0 Å². The fourth-order valence-electron chi connectivity index (χ4n) is 1.97. The second kappa shape index (κ2) is 6.14. The zero-order valence-electron chi connectivity index (χ0n) is 10.5. The fraction of sp³-hybridized carbons (Fsp3) is 0.818. The highest BCUT2D eigenvalue weighted by Crippen LogP contribution is 2.24. The van der Waals surface area contributed by atoms with Crippen molar-refractivity contribution in [2.45, 2.75) is 31.6 Å². The van der Waals surface area contributed by atoms with E-state index in [1.807, 2.05) is 20.1 Å². The summed E-state index contributed by atoms with van der Waals surface area (Å²) in [5.74, 6) is -0.890. The van der Waals surface area contributed by atoms with Gasteiger partial charge in [-0.1, -0.05) is 13.8 Å². The number of carboxylic acids is 1. The van der Waals surface area contributed by atoms with Gasteiger partial charge in [-0.2, -0.15) is 11.8 Å². The number of hydrogen-bond donors (Lipinski definition) is 2. The Morgan fingerprint density at radius 2 is 2.24 bits per heavy atom. The SMILES string of the molecule is CSC(C)CNC(=O)N1CCC(C)C1C(=O)O. The second-order valence-corrected chi connectivity index (χ2v) is 5.75. The molecule has 98 valence electrons. The van der Waals surface area contributed by atoms with Gasteiger partial charge in [-0.3, -0.25) is 0 Å². The van der Waals surface area contributed by atoms with Gasteiger partial charge in [0.2, 0.25) is 0 Å². The number of likely N-dealkylation sites (tertiary alicyclic amines) is 1. The Hall–Kier alpha value is -0.910. The average Bonchev–Trinajstić information content (AvgIpc) is 2.67. The molecule has 0 radical (unpaired) electrons. The number of aliphatic carboxylic acids is 1. The molecule has 0 aromatic rings. The van der Waals surface area contributed by atoms with E-state index in [1.165, 1.54) is 4.90 Å². The highest BCUT2D eigenvalue weighted by atomic mass is 32.2. The van der Waals surface area contributed by atoms with E-state index in [9.17, 15) is 9.59 Å². The zero-order chi connectivity index (χ0) is 13.0. The van der Waals surface area contributed by atoms with Gasteiger partial charge in [0.05, 0.1) is 0 Å². The van der Waals surface area contributed by atoms with Gasteiger partial charge >= 0.3 is 12.0 Å². The van der Waals surface area contributed by atoms with Crippen LogP contribution in [-0.4, -0.2) is 52.6 Å². The van der Waals surface area contributed by atoms with Crippen LogP contribution in [0.2, 0.25) is 0 Å². The first kappa shape index (κ1) is 14.2. The van der Waals surface area contributed by atoms with E-state index in [-0.39, 0.29) is 11.9 Å². The van der Waals surface area contributed by atoms with E-state index in [1.54, 1.807) is 11.8 Å². The Morgan fingerprint density at radius 3 is 2.76 bits per heavy atom. The molecule has 0 aromatic heterocycles. The largest absolute Gasteiger partial charge is 0.480 e. The van der Waals surface area contributed by atoms with Crippen molar-refractivity contribution in [2.75, 3.05) is 19.3 Å². The first-order chi connectivity index (χ1) is 7.97. The van der Waals surface area contributed by atoms with Gasteiger partial charge in [-0.15, -0.1) is 0 Å². The Labute approximate surface area is 106 Å². The molecule has 0 aliphatic carbocycles. The molecule has 2 amide bonds. The molecule has 0 aromatic carbocycles. The van der Waals surface area contributed by atoms with Crippen LogP contribution in [0.4, 0.5) is 4.79 Å². The number of carbonyl (C=O) groups is 2. The first-order valence-corrected chi connectivity index (χ1v) is 7.06. The molecule has 2 N–H and O–H groups in total. The maximum atomic E-state index is 11.9. The molecule has 17 heavy (non-hydrogen) atoms. The fourth-order valence-corrected chi connectivity index (χ4v) is 2.22. The first-order valence-electron chi connectivity index (χ1n) is 5.77. The Morgan fingerprint density at radius 1 is 1.59 bits per heavy atom. The minimum atomic E-state index is -0.914. The van der Waals surface area contributed by atoms with Crippen molar-refractivity contribution >= 4 is 23.8 Å². The predicted molar refractivity (Wildman–Crippen MR) is 68.3 cm³/mol. The summed E-state index contributed by atoms with van der Waals surface area (Å²) in [5, 5.41) is 12.2. The third-order valence-corrected chi connectivity index (χ3v) is 4.13. The number of carbonyl (C=O) groups excluding carboxylic acids is 1. The summed E-state index contributed by atoms with van der Waals surface area (Å²) in [4.78, 5) is 24.4. The molecule has 0 saturated carbocycles. The van der Waals surface area contributed by atoms with Crippen molar-refractivity contribution in [3.05, 3.63) is 0 Å². The molecule has 6 heteroatoms. The topological polar surface area (TPSA) is 69.6 Å². The summed E-state index contributed by atoms with van der Waals surface area (Å²) in [5.41, 5.74) is 0. The highest BCUT2D eigenvalue weighted by Gasteiger charge is 2.39. The maximum absolute atomic E-state index is 11.9. The average molecular weight is 260 g/mol. The summed E-state index contributed by atoms with van der Waals surface area (Å²) >= 11 is 1.67.